The van der Waals surface area contributed by atoms with Gasteiger partial charge in [-0.3, -0.25) is 0 Å². The lowest BCUT2D eigenvalue weighted by molar-refractivity contribution is 0.477. The lowest BCUT2D eigenvalue weighted by Crippen LogP contribution is -2.08. The van der Waals surface area contributed by atoms with Gasteiger partial charge in [-0.25, -0.2) is 14.5 Å². The Bertz CT molecular complexity index is 1080. The summed E-state index contributed by atoms with van der Waals surface area (Å²) in [7, 11) is 0. The van der Waals surface area contributed by atoms with E-state index in [2.05, 4.69) is 17.0 Å². The molecule has 24 heavy (non-hydrogen) atoms. The molecule has 5 nitrogen and oxygen atoms in total. The molecule has 1 N–H and O–H groups in total. The molecule has 6 heteroatoms. The van der Waals surface area contributed by atoms with Gasteiger partial charge >= 0.3 is 0 Å². The van der Waals surface area contributed by atoms with Crippen LogP contribution in [0.25, 0.3) is 27.3 Å². The third-order valence-corrected chi connectivity index (χ3v) is 5.94. The lowest BCUT2D eigenvalue weighted by atomic mass is 9.89. The Morgan fingerprint density at radius 3 is 3.04 bits per heavy atom. The smallest absolute Gasteiger partial charge is 0.185 e. The highest BCUT2D eigenvalue weighted by Crippen LogP contribution is 2.39. The van der Waals surface area contributed by atoms with Crippen LogP contribution < -0.4 is 0 Å². The number of aromatic nitrogens is 4. The summed E-state index contributed by atoms with van der Waals surface area (Å²) in [5.74, 6) is 1.46. The van der Waals surface area contributed by atoms with E-state index in [4.69, 9.17) is 4.98 Å². The molecule has 1 unspecified atom stereocenters. The van der Waals surface area contributed by atoms with Crippen molar-refractivity contribution >= 4 is 27.2 Å². The van der Waals surface area contributed by atoms with Crippen LogP contribution in [0.15, 0.2) is 30.6 Å². The van der Waals surface area contributed by atoms with Crippen LogP contribution in [0.2, 0.25) is 0 Å². The van der Waals surface area contributed by atoms with E-state index in [1.165, 1.54) is 16.9 Å². The van der Waals surface area contributed by atoms with Gasteiger partial charge in [-0.2, -0.15) is 0 Å². The second-order valence-corrected chi connectivity index (χ2v) is 7.58. The molecular weight excluding hydrogens is 320 g/mol. The first-order valence-corrected chi connectivity index (χ1v) is 8.96. The highest BCUT2D eigenvalue weighted by Gasteiger charge is 2.24. The van der Waals surface area contributed by atoms with Crippen molar-refractivity contribution in [1.29, 1.82) is 0 Å². The number of hydrogen-bond acceptors (Lipinski definition) is 5. The molecule has 0 radical (unpaired) electrons. The van der Waals surface area contributed by atoms with E-state index in [0.717, 1.165) is 34.6 Å². The molecule has 1 aliphatic carbocycles. The summed E-state index contributed by atoms with van der Waals surface area (Å²) in [5.41, 5.74) is 2.87. The van der Waals surface area contributed by atoms with Crippen molar-refractivity contribution in [2.24, 2.45) is 5.92 Å². The third kappa shape index (κ3) is 1.96. The maximum atomic E-state index is 10.1. The van der Waals surface area contributed by atoms with Gasteiger partial charge in [0.25, 0.3) is 0 Å². The predicted molar refractivity (Wildman–Crippen MR) is 94.5 cm³/mol. The first-order valence-electron chi connectivity index (χ1n) is 8.14. The SMILES string of the molecule is CC1CCc2c(sc3ncn4nc(-c5ccccc5O)nc4c23)C1. The first-order chi connectivity index (χ1) is 11.7. The number of thiophene rings is 1. The summed E-state index contributed by atoms with van der Waals surface area (Å²) in [5, 5.41) is 15.7. The number of benzene rings is 1. The van der Waals surface area contributed by atoms with Crippen molar-refractivity contribution in [3.63, 3.8) is 0 Å². The van der Waals surface area contributed by atoms with Crippen molar-refractivity contribution in [2.45, 2.75) is 26.2 Å². The molecule has 4 aromatic rings. The minimum atomic E-state index is 0.193. The molecule has 3 heterocycles. The highest BCUT2D eigenvalue weighted by molar-refractivity contribution is 7.19. The van der Waals surface area contributed by atoms with E-state index >= 15 is 0 Å². The summed E-state index contributed by atoms with van der Waals surface area (Å²) in [4.78, 5) is 11.8. The largest absolute Gasteiger partial charge is 0.507 e. The van der Waals surface area contributed by atoms with Crippen LogP contribution in [0.4, 0.5) is 0 Å². The van der Waals surface area contributed by atoms with E-state index in [0.29, 0.717) is 11.4 Å². The fourth-order valence-corrected chi connectivity index (χ4v) is 4.86. The minimum absolute atomic E-state index is 0.193. The Morgan fingerprint density at radius 2 is 2.17 bits per heavy atom. The van der Waals surface area contributed by atoms with E-state index < -0.39 is 0 Å². The molecule has 3 aromatic heterocycles. The van der Waals surface area contributed by atoms with Gasteiger partial charge in [-0.1, -0.05) is 19.1 Å². The third-order valence-electron chi connectivity index (χ3n) is 4.78. The maximum absolute atomic E-state index is 10.1. The molecule has 1 aliphatic rings. The second kappa shape index (κ2) is 5.01. The quantitative estimate of drug-likeness (QED) is 0.574. The molecule has 0 amide bonds. The fourth-order valence-electron chi connectivity index (χ4n) is 3.52. The zero-order valence-corrected chi connectivity index (χ0v) is 14.0. The number of rotatable bonds is 1. The standard InChI is InChI=1S/C18H16N4OS/c1-10-6-7-12-14(8-10)24-18-15(12)17-20-16(21-22(17)9-19-18)11-4-2-3-5-13(11)23/h2-5,9-10,23H,6-8H2,1H3. The molecule has 0 saturated carbocycles. The monoisotopic (exact) mass is 336 g/mol. The lowest BCUT2D eigenvalue weighted by Gasteiger charge is -2.17. The Labute approximate surface area is 142 Å². The van der Waals surface area contributed by atoms with Crippen molar-refractivity contribution in [3.05, 3.63) is 41.0 Å². The van der Waals surface area contributed by atoms with E-state index in [1.54, 1.807) is 34.3 Å². The Balaban J connectivity index is 1.78. The van der Waals surface area contributed by atoms with E-state index in [1.807, 2.05) is 12.1 Å². The van der Waals surface area contributed by atoms with Crippen molar-refractivity contribution in [3.8, 4) is 17.1 Å². The van der Waals surface area contributed by atoms with Crippen LogP contribution in [-0.4, -0.2) is 24.7 Å². The van der Waals surface area contributed by atoms with Crippen molar-refractivity contribution in [2.75, 3.05) is 0 Å². The molecule has 0 spiro atoms. The number of aromatic hydroxyl groups is 1. The van der Waals surface area contributed by atoms with Gasteiger partial charge in [0.2, 0.25) is 0 Å². The summed E-state index contributed by atoms with van der Waals surface area (Å²) < 4.78 is 1.73. The Hall–Kier alpha value is -2.47. The van der Waals surface area contributed by atoms with Crippen LogP contribution in [0.3, 0.4) is 0 Å². The van der Waals surface area contributed by atoms with Gasteiger partial charge in [0, 0.05) is 4.88 Å². The molecule has 120 valence electrons. The van der Waals surface area contributed by atoms with E-state index in [9.17, 15) is 5.11 Å². The summed E-state index contributed by atoms with van der Waals surface area (Å²) in [6.07, 6.45) is 5.14. The van der Waals surface area contributed by atoms with Crippen LogP contribution in [0.1, 0.15) is 23.8 Å². The Kier molecular flexibility index (Phi) is 2.91. The van der Waals surface area contributed by atoms with Gasteiger partial charge in [-0.15, -0.1) is 16.4 Å². The van der Waals surface area contributed by atoms with Crippen molar-refractivity contribution < 1.29 is 5.11 Å². The summed E-state index contributed by atoms with van der Waals surface area (Å²) in [6.45, 7) is 2.31. The number of fused-ring (bicyclic) bond motifs is 5. The topological polar surface area (TPSA) is 63.3 Å². The summed E-state index contributed by atoms with van der Waals surface area (Å²) in [6, 6.07) is 7.16. The number of phenols is 1. The number of nitrogens with zero attached hydrogens (tertiary/aromatic N) is 4. The molecule has 0 fully saturated rings. The maximum Gasteiger partial charge on any atom is 0.185 e. The zero-order valence-electron chi connectivity index (χ0n) is 13.2. The average molecular weight is 336 g/mol. The van der Waals surface area contributed by atoms with Crippen LogP contribution in [0, 0.1) is 5.92 Å². The normalized spacial score (nSPS) is 17.5. The molecule has 5 rings (SSSR count). The highest BCUT2D eigenvalue weighted by atomic mass is 32.1. The number of hydrogen-bond donors (Lipinski definition) is 1. The molecular formula is C18H16N4OS. The molecule has 0 saturated heterocycles. The first kappa shape index (κ1) is 13.9. The van der Waals surface area contributed by atoms with Gasteiger partial charge < -0.3 is 5.11 Å². The number of phenolic OH excluding ortho intramolecular Hbond substituents is 1. The number of aryl methyl sites for hydroxylation is 1. The molecule has 1 atom stereocenters. The molecule has 0 bridgehead atoms. The van der Waals surface area contributed by atoms with Gasteiger partial charge in [-0.05, 0) is 42.9 Å². The van der Waals surface area contributed by atoms with E-state index in [-0.39, 0.29) is 5.75 Å². The van der Waals surface area contributed by atoms with Gasteiger partial charge in [0.1, 0.15) is 16.9 Å². The van der Waals surface area contributed by atoms with Crippen LogP contribution in [0.5, 0.6) is 5.75 Å². The van der Waals surface area contributed by atoms with Crippen molar-refractivity contribution in [1.82, 2.24) is 19.6 Å². The number of para-hydroxylation sites is 1. The minimum Gasteiger partial charge on any atom is -0.507 e. The average Bonchev–Trinajstić information content (AvgIpc) is 3.14. The molecule has 0 aliphatic heterocycles. The predicted octanol–water partition coefficient (Wildman–Crippen LogP) is 3.84. The van der Waals surface area contributed by atoms with Gasteiger partial charge in [0.05, 0.1) is 10.9 Å². The van der Waals surface area contributed by atoms with Crippen LogP contribution >= 0.6 is 11.3 Å². The zero-order chi connectivity index (χ0) is 16.3. The Morgan fingerprint density at radius 1 is 1.29 bits per heavy atom. The second-order valence-electron chi connectivity index (χ2n) is 6.50. The van der Waals surface area contributed by atoms with Gasteiger partial charge in [0.15, 0.2) is 11.5 Å². The fraction of sp³-hybridized carbons (Fsp3) is 0.278. The molecule has 1 aromatic carbocycles. The summed E-state index contributed by atoms with van der Waals surface area (Å²) >= 11 is 1.78. The van der Waals surface area contributed by atoms with Crippen LogP contribution in [-0.2, 0) is 12.8 Å².